The molecule has 4 heteroatoms. The van der Waals surface area contributed by atoms with Crippen molar-refractivity contribution in [1.82, 2.24) is 4.72 Å². The maximum atomic E-state index is 9.19. The lowest BCUT2D eigenvalue weighted by molar-refractivity contribution is -0.932. The van der Waals surface area contributed by atoms with Gasteiger partial charge in [0.2, 0.25) is 6.20 Å². The maximum Gasteiger partial charge on any atom is 0.310 e. The molecule has 0 fully saturated rings. The summed E-state index contributed by atoms with van der Waals surface area (Å²) in [5.74, 6) is 0. The first kappa shape index (κ1) is 6.00. The highest BCUT2D eigenvalue weighted by atomic mass is 32.2. The number of aromatic nitrogens is 1. The highest BCUT2D eigenvalue weighted by Gasteiger charge is 2.21. The van der Waals surface area contributed by atoms with E-state index in [0.717, 1.165) is 21.9 Å². The van der Waals surface area contributed by atoms with Gasteiger partial charge < -0.3 is 0 Å². The number of hydrogen-bond acceptors (Lipinski definition) is 3. The lowest BCUT2D eigenvalue weighted by Gasteiger charge is -1.88. The molecule has 0 spiro atoms. The van der Waals surface area contributed by atoms with Gasteiger partial charge in [0.25, 0.3) is 0 Å². The van der Waals surface area contributed by atoms with Crippen molar-refractivity contribution in [3.8, 4) is 0 Å². The van der Waals surface area contributed by atoms with Crippen molar-refractivity contribution in [3.05, 3.63) is 23.9 Å². The van der Waals surface area contributed by atoms with Crippen LogP contribution in [0.25, 0.3) is 0 Å². The molecular formula is C6H7N2OS+. The van der Waals surface area contributed by atoms with Gasteiger partial charge >= 0.3 is 5.03 Å². The molecule has 0 radical (unpaired) electrons. The zero-order valence-corrected chi connectivity index (χ0v) is 6.06. The molecular weight excluding hydrogens is 148 g/mol. The van der Waals surface area contributed by atoms with Crippen LogP contribution in [0.4, 0.5) is 0 Å². The minimum atomic E-state index is 0.835. The Kier molecular flexibility index (Phi) is 1.28. The molecule has 10 heavy (non-hydrogen) atoms. The average Bonchev–Trinajstić information content (AvgIpc) is 2.36. The van der Waals surface area contributed by atoms with Crippen molar-refractivity contribution < 1.29 is 9.94 Å². The topological polar surface area (TPSA) is 36.1 Å². The second-order valence-electron chi connectivity index (χ2n) is 2.11. The third kappa shape index (κ3) is 0.767. The Bertz CT molecular complexity index is 264. The Morgan fingerprint density at radius 1 is 1.70 bits per heavy atom. The molecule has 0 bridgehead atoms. The molecule has 0 amide bonds. The van der Waals surface area contributed by atoms with Crippen molar-refractivity contribution in [2.45, 2.75) is 11.6 Å². The zero-order chi connectivity index (χ0) is 6.97. The molecule has 52 valence electrons. The predicted molar refractivity (Wildman–Crippen MR) is 36.5 cm³/mol. The van der Waals surface area contributed by atoms with Gasteiger partial charge in [-0.1, -0.05) is 0 Å². The van der Waals surface area contributed by atoms with E-state index in [-0.39, 0.29) is 0 Å². The maximum absolute atomic E-state index is 9.19. The van der Waals surface area contributed by atoms with Crippen LogP contribution in [0.5, 0.6) is 0 Å². The van der Waals surface area contributed by atoms with Gasteiger partial charge in [0.1, 0.15) is 0 Å². The summed E-state index contributed by atoms with van der Waals surface area (Å²) in [4.78, 5) is 0. The van der Waals surface area contributed by atoms with E-state index in [1.807, 2.05) is 12.1 Å². The average molecular weight is 155 g/mol. The fourth-order valence-corrected chi connectivity index (χ4v) is 1.75. The number of hydrogen-bond donors (Lipinski definition) is 2. The molecule has 0 atom stereocenters. The van der Waals surface area contributed by atoms with Crippen molar-refractivity contribution >= 4 is 11.9 Å². The number of nitrogens with one attached hydrogen (secondary N) is 1. The van der Waals surface area contributed by atoms with Gasteiger partial charge in [-0.3, -0.25) is 9.93 Å². The van der Waals surface area contributed by atoms with Crippen molar-refractivity contribution in [2.24, 2.45) is 0 Å². The second kappa shape index (κ2) is 2.14. The van der Waals surface area contributed by atoms with Gasteiger partial charge in [-0.2, -0.15) is 0 Å². The lowest BCUT2D eigenvalue weighted by atomic mass is 10.3. The Morgan fingerprint density at radius 2 is 2.60 bits per heavy atom. The van der Waals surface area contributed by atoms with E-state index in [0.29, 0.717) is 0 Å². The molecule has 1 aliphatic rings. The third-order valence-corrected chi connectivity index (χ3v) is 2.37. The van der Waals surface area contributed by atoms with E-state index in [9.17, 15) is 5.21 Å². The summed E-state index contributed by atoms with van der Waals surface area (Å²) in [6.07, 6.45) is 1.62. The van der Waals surface area contributed by atoms with Crippen LogP contribution < -0.4 is 9.45 Å². The third-order valence-electron chi connectivity index (χ3n) is 1.44. The van der Waals surface area contributed by atoms with Gasteiger partial charge in [-0.05, 0) is 6.07 Å². The number of pyridine rings is 1. The molecule has 1 aliphatic heterocycles. The Balaban J connectivity index is 2.59. The van der Waals surface area contributed by atoms with Crippen LogP contribution in [0.2, 0.25) is 0 Å². The van der Waals surface area contributed by atoms with Crippen molar-refractivity contribution in [3.63, 3.8) is 0 Å². The fraction of sp³-hybridized carbons (Fsp3) is 0.167. The van der Waals surface area contributed by atoms with Gasteiger partial charge in [0.05, 0.1) is 5.56 Å². The van der Waals surface area contributed by atoms with Crippen LogP contribution in [0, 0.1) is 0 Å². The van der Waals surface area contributed by atoms with Crippen LogP contribution >= 0.6 is 11.9 Å². The lowest BCUT2D eigenvalue weighted by Crippen LogP contribution is -2.31. The molecule has 1 aromatic heterocycles. The molecule has 1 aromatic rings. The highest BCUT2D eigenvalue weighted by molar-refractivity contribution is 7.97. The van der Waals surface area contributed by atoms with Gasteiger partial charge in [0, 0.05) is 29.3 Å². The SMILES string of the molecule is O[n+]1cccc2c1SNC2. The van der Waals surface area contributed by atoms with Crippen molar-refractivity contribution in [2.75, 3.05) is 0 Å². The van der Waals surface area contributed by atoms with E-state index >= 15 is 0 Å². The molecule has 2 heterocycles. The Hall–Kier alpha value is -0.740. The zero-order valence-electron chi connectivity index (χ0n) is 5.24. The number of rotatable bonds is 0. The molecule has 0 aliphatic carbocycles. The van der Waals surface area contributed by atoms with E-state index in [2.05, 4.69) is 4.72 Å². The van der Waals surface area contributed by atoms with Crippen LogP contribution in [0.1, 0.15) is 5.56 Å². The van der Waals surface area contributed by atoms with Crippen molar-refractivity contribution in [1.29, 1.82) is 0 Å². The molecule has 2 rings (SSSR count). The monoisotopic (exact) mass is 155 g/mol. The Labute approximate surface area is 62.8 Å². The molecule has 0 aromatic carbocycles. The van der Waals surface area contributed by atoms with Crippen LogP contribution in [0.3, 0.4) is 0 Å². The summed E-state index contributed by atoms with van der Waals surface area (Å²) in [5.41, 5.74) is 1.15. The van der Waals surface area contributed by atoms with Gasteiger partial charge in [-0.25, -0.2) is 0 Å². The summed E-state index contributed by atoms with van der Waals surface area (Å²) in [6.45, 7) is 0.835. The summed E-state index contributed by atoms with van der Waals surface area (Å²) >= 11 is 1.46. The molecule has 0 saturated heterocycles. The quantitative estimate of drug-likeness (QED) is 0.322. The normalized spacial score (nSPS) is 15.2. The smallest absolute Gasteiger partial charge is 0.284 e. The summed E-state index contributed by atoms with van der Waals surface area (Å²) in [6, 6.07) is 3.82. The first-order valence-electron chi connectivity index (χ1n) is 3.00. The molecule has 0 saturated carbocycles. The molecule has 3 nitrogen and oxygen atoms in total. The van der Waals surface area contributed by atoms with E-state index < -0.39 is 0 Å². The minimum absolute atomic E-state index is 0.835. The summed E-state index contributed by atoms with van der Waals surface area (Å²) in [7, 11) is 0. The standard InChI is InChI=1S/C6H7N2OS/c9-8-3-1-2-5-4-7-10-6(5)8/h1-3,7,9H,4H2/q+1. The van der Waals surface area contributed by atoms with Gasteiger partial charge in [0.15, 0.2) is 0 Å². The summed E-state index contributed by atoms with van der Waals surface area (Å²) in [5, 5.41) is 10.1. The first-order chi connectivity index (χ1) is 4.88. The fourth-order valence-electron chi connectivity index (χ4n) is 0.956. The first-order valence-corrected chi connectivity index (χ1v) is 3.82. The number of nitrogens with zero attached hydrogens (tertiary/aromatic N) is 1. The van der Waals surface area contributed by atoms with Crippen LogP contribution in [-0.2, 0) is 6.54 Å². The predicted octanol–water partition coefficient (Wildman–Crippen LogP) is 0.322. The largest absolute Gasteiger partial charge is 0.310 e. The minimum Gasteiger partial charge on any atom is -0.284 e. The highest BCUT2D eigenvalue weighted by Crippen LogP contribution is 2.21. The summed E-state index contributed by atoms with van der Waals surface area (Å²) < 4.78 is 4.20. The van der Waals surface area contributed by atoms with E-state index in [1.54, 1.807) is 6.20 Å². The Morgan fingerprint density at radius 3 is 3.40 bits per heavy atom. The van der Waals surface area contributed by atoms with E-state index in [1.165, 1.54) is 11.9 Å². The van der Waals surface area contributed by atoms with Gasteiger partial charge in [-0.15, -0.1) is 0 Å². The molecule has 0 unspecified atom stereocenters. The van der Waals surface area contributed by atoms with E-state index in [4.69, 9.17) is 0 Å². The molecule has 2 N–H and O–H groups in total. The number of fused-ring (bicyclic) bond motifs is 1. The second-order valence-corrected chi connectivity index (χ2v) is 2.99. The van der Waals surface area contributed by atoms with Crippen LogP contribution in [0.15, 0.2) is 23.4 Å². The van der Waals surface area contributed by atoms with Crippen LogP contribution in [-0.4, -0.2) is 5.21 Å².